The van der Waals surface area contributed by atoms with Gasteiger partial charge in [-0.05, 0) is 43.6 Å². The van der Waals surface area contributed by atoms with Crippen LogP contribution < -0.4 is 5.32 Å². The van der Waals surface area contributed by atoms with Gasteiger partial charge in [0, 0.05) is 24.2 Å². The average Bonchev–Trinajstić information content (AvgIpc) is 2.80. The van der Waals surface area contributed by atoms with Crippen LogP contribution in [0.4, 0.5) is 0 Å². The molecule has 1 atom stereocenters. The van der Waals surface area contributed by atoms with Crippen molar-refractivity contribution in [3.8, 4) is 0 Å². The monoisotopic (exact) mass is 252 g/mol. The quantitative estimate of drug-likeness (QED) is 0.893. The Balaban J connectivity index is 1.98. The molecule has 3 nitrogen and oxygen atoms in total. The zero-order valence-corrected chi connectivity index (χ0v) is 10.7. The summed E-state index contributed by atoms with van der Waals surface area (Å²) in [7, 11) is 1.85. The van der Waals surface area contributed by atoms with Crippen LogP contribution in [-0.4, -0.2) is 37.5 Å². The molecular formula is C13H17ClN2O. The topological polar surface area (TPSA) is 32.3 Å². The number of halogens is 1. The molecule has 4 heteroatoms. The van der Waals surface area contributed by atoms with Gasteiger partial charge in [0.1, 0.15) is 0 Å². The number of rotatable bonds is 3. The number of nitrogens with zero attached hydrogens (tertiary/aromatic N) is 1. The minimum absolute atomic E-state index is 0.0411. The summed E-state index contributed by atoms with van der Waals surface area (Å²) in [5.74, 6) is 0.613. The number of nitrogens with one attached hydrogen (secondary N) is 1. The summed E-state index contributed by atoms with van der Waals surface area (Å²) in [6, 6.07) is 7.10. The number of hydrogen-bond acceptors (Lipinski definition) is 2. The van der Waals surface area contributed by atoms with Gasteiger partial charge in [0.15, 0.2) is 0 Å². The third-order valence-corrected chi connectivity index (χ3v) is 3.35. The molecule has 2 rings (SSSR count). The molecule has 1 amide bonds. The van der Waals surface area contributed by atoms with E-state index in [1.807, 2.05) is 7.05 Å². The van der Waals surface area contributed by atoms with Crippen molar-refractivity contribution in [1.82, 2.24) is 10.2 Å². The fraction of sp³-hybridized carbons (Fsp3) is 0.462. The molecule has 0 radical (unpaired) electrons. The van der Waals surface area contributed by atoms with Crippen LogP contribution in [0, 0.1) is 5.92 Å². The first-order valence-corrected chi connectivity index (χ1v) is 6.26. The highest BCUT2D eigenvalue weighted by atomic mass is 35.5. The first-order valence-electron chi connectivity index (χ1n) is 5.88. The molecule has 0 spiro atoms. The van der Waals surface area contributed by atoms with Gasteiger partial charge in [-0.25, -0.2) is 0 Å². The van der Waals surface area contributed by atoms with Crippen molar-refractivity contribution in [3.05, 3.63) is 34.9 Å². The van der Waals surface area contributed by atoms with E-state index in [1.54, 1.807) is 29.2 Å². The van der Waals surface area contributed by atoms with E-state index in [9.17, 15) is 4.79 Å². The summed E-state index contributed by atoms with van der Waals surface area (Å²) < 4.78 is 0. The highest BCUT2D eigenvalue weighted by Gasteiger charge is 2.19. The maximum Gasteiger partial charge on any atom is 0.253 e. The number of benzene rings is 1. The summed E-state index contributed by atoms with van der Waals surface area (Å²) in [6.45, 7) is 2.87. The maximum absolute atomic E-state index is 12.1. The fourth-order valence-corrected chi connectivity index (χ4v) is 2.37. The lowest BCUT2D eigenvalue weighted by Gasteiger charge is -2.20. The lowest BCUT2D eigenvalue weighted by Crippen LogP contribution is -2.32. The predicted molar refractivity (Wildman–Crippen MR) is 69.4 cm³/mol. The van der Waals surface area contributed by atoms with Crippen molar-refractivity contribution in [3.63, 3.8) is 0 Å². The van der Waals surface area contributed by atoms with E-state index in [0.717, 1.165) is 26.1 Å². The zero-order valence-electron chi connectivity index (χ0n) is 9.95. The maximum atomic E-state index is 12.1. The highest BCUT2D eigenvalue weighted by molar-refractivity contribution is 6.30. The summed E-state index contributed by atoms with van der Waals surface area (Å²) in [6.07, 6.45) is 1.15. The fourth-order valence-electron chi connectivity index (χ4n) is 2.18. The molecule has 1 aromatic rings. The van der Waals surface area contributed by atoms with Crippen LogP contribution in [0.25, 0.3) is 0 Å². The third-order valence-electron chi connectivity index (χ3n) is 3.11. The Labute approximate surface area is 107 Å². The molecule has 1 saturated heterocycles. The highest BCUT2D eigenvalue weighted by Crippen LogP contribution is 2.14. The van der Waals surface area contributed by atoms with E-state index in [4.69, 9.17) is 11.6 Å². The molecule has 1 aliphatic rings. The van der Waals surface area contributed by atoms with Crippen molar-refractivity contribution in [1.29, 1.82) is 0 Å². The minimum atomic E-state index is 0.0411. The standard InChI is InChI=1S/C13H17ClN2O/c1-16(9-10-5-6-15-8-10)13(17)11-3-2-4-12(14)7-11/h2-4,7,10,15H,5-6,8-9H2,1H3. The van der Waals surface area contributed by atoms with Crippen molar-refractivity contribution in [2.75, 3.05) is 26.7 Å². The Morgan fingerprint density at radius 2 is 2.41 bits per heavy atom. The molecule has 0 aromatic heterocycles. The van der Waals surface area contributed by atoms with Crippen LogP contribution >= 0.6 is 11.6 Å². The number of carbonyl (C=O) groups excluding carboxylic acids is 1. The van der Waals surface area contributed by atoms with Crippen LogP contribution in [0.1, 0.15) is 16.8 Å². The Morgan fingerprint density at radius 1 is 1.59 bits per heavy atom. The molecule has 1 heterocycles. The average molecular weight is 253 g/mol. The van der Waals surface area contributed by atoms with Gasteiger partial charge < -0.3 is 10.2 Å². The normalized spacial score (nSPS) is 19.3. The van der Waals surface area contributed by atoms with E-state index in [0.29, 0.717) is 16.5 Å². The summed E-state index contributed by atoms with van der Waals surface area (Å²) in [5.41, 5.74) is 0.658. The van der Waals surface area contributed by atoms with E-state index in [2.05, 4.69) is 5.32 Å². The summed E-state index contributed by atoms with van der Waals surface area (Å²) in [5, 5.41) is 3.91. The van der Waals surface area contributed by atoms with Crippen LogP contribution in [0.3, 0.4) is 0 Å². The van der Waals surface area contributed by atoms with Gasteiger partial charge in [0.25, 0.3) is 5.91 Å². The van der Waals surface area contributed by atoms with Gasteiger partial charge in [-0.15, -0.1) is 0 Å². The molecule has 1 fully saturated rings. The second kappa shape index (κ2) is 5.52. The Kier molecular flexibility index (Phi) is 4.02. The van der Waals surface area contributed by atoms with Crippen LogP contribution in [-0.2, 0) is 0 Å². The van der Waals surface area contributed by atoms with Gasteiger partial charge in [-0.3, -0.25) is 4.79 Å². The largest absolute Gasteiger partial charge is 0.341 e. The van der Waals surface area contributed by atoms with Crippen molar-refractivity contribution in [2.24, 2.45) is 5.92 Å². The SMILES string of the molecule is CN(CC1CCNC1)C(=O)c1cccc(Cl)c1. The predicted octanol–water partition coefficient (Wildman–Crippen LogP) is 2.02. The summed E-state index contributed by atoms with van der Waals surface area (Å²) in [4.78, 5) is 13.9. The molecule has 0 bridgehead atoms. The molecule has 0 aliphatic carbocycles. The second-order valence-corrected chi connectivity index (χ2v) is 4.99. The van der Waals surface area contributed by atoms with Gasteiger partial charge >= 0.3 is 0 Å². The second-order valence-electron chi connectivity index (χ2n) is 4.55. The van der Waals surface area contributed by atoms with Gasteiger partial charge in [-0.2, -0.15) is 0 Å². The van der Waals surface area contributed by atoms with Crippen molar-refractivity contribution in [2.45, 2.75) is 6.42 Å². The number of hydrogen-bond donors (Lipinski definition) is 1. The Bertz CT molecular complexity index is 402. The van der Waals surface area contributed by atoms with Crippen molar-refractivity contribution < 1.29 is 4.79 Å². The Morgan fingerprint density at radius 3 is 3.06 bits per heavy atom. The molecular weight excluding hydrogens is 236 g/mol. The smallest absolute Gasteiger partial charge is 0.253 e. The molecule has 1 N–H and O–H groups in total. The van der Waals surface area contributed by atoms with Gasteiger partial charge in [0.2, 0.25) is 0 Å². The van der Waals surface area contributed by atoms with Gasteiger partial charge in [0.05, 0.1) is 0 Å². The van der Waals surface area contributed by atoms with E-state index in [1.165, 1.54) is 0 Å². The van der Waals surface area contributed by atoms with E-state index < -0.39 is 0 Å². The minimum Gasteiger partial charge on any atom is -0.341 e. The van der Waals surface area contributed by atoms with Crippen LogP contribution in [0.5, 0.6) is 0 Å². The lowest BCUT2D eigenvalue weighted by molar-refractivity contribution is 0.0776. The molecule has 1 aromatic carbocycles. The molecule has 17 heavy (non-hydrogen) atoms. The van der Waals surface area contributed by atoms with Crippen LogP contribution in [0.2, 0.25) is 5.02 Å². The van der Waals surface area contributed by atoms with Crippen molar-refractivity contribution >= 4 is 17.5 Å². The van der Waals surface area contributed by atoms with Crippen LogP contribution in [0.15, 0.2) is 24.3 Å². The number of amides is 1. The molecule has 0 saturated carbocycles. The first kappa shape index (κ1) is 12.4. The Hall–Kier alpha value is -1.06. The van der Waals surface area contributed by atoms with Gasteiger partial charge in [-0.1, -0.05) is 17.7 Å². The number of carbonyl (C=O) groups is 1. The molecule has 1 unspecified atom stereocenters. The molecule has 1 aliphatic heterocycles. The van der Waals surface area contributed by atoms with E-state index in [-0.39, 0.29) is 5.91 Å². The van der Waals surface area contributed by atoms with E-state index >= 15 is 0 Å². The zero-order chi connectivity index (χ0) is 12.3. The lowest BCUT2D eigenvalue weighted by atomic mass is 10.1. The first-order chi connectivity index (χ1) is 8.16. The summed E-state index contributed by atoms with van der Waals surface area (Å²) >= 11 is 5.88. The molecule has 92 valence electrons. The third kappa shape index (κ3) is 3.20.